The van der Waals surface area contributed by atoms with E-state index in [2.05, 4.69) is 92.3 Å². The largest absolute Gasteiger partial charge is 0.496 e. The fraction of sp³-hybridized carbons (Fsp3) is 0.352. The van der Waals surface area contributed by atoms with Gasteiger partial charge in [0.1, 0.15) is 23.0 Å². The molecule has 11 rings (SSSR count). The van der Waals surface area contributed by atoms with Gasteiger partial charge in [-0.05, 0) is 241 Å². The predicted octanol–water partition coefficient (Wildman–Crippen LogP) is 15.6. The van der Waals surface area contributed by atoms with Gasteiger partial charge in [-0.1, -0.05) is 74.2 Å². The molecule has 7 aromatic carbocycles. The van der Waals surface area contributed by atoms with Crippen LogP contribution in [0.5, 0.6) is 28.7 Å². The second-order valence-corrected chi connectivity index (χ2v) is 23.2. The average molecular weight is 1230 g/mol. The van der Waals surface area contributed by atoms with E-state index in [1.54, 1.807) is 48.4 Å². The highest BCUT2D eigenvalue weighted by Crippen LogP contribution is 2.35. The molecule has 17 heteroatoms. The minimum absolute atomic E-state index is 0. The molecule has 0 atom stereocenters. The number of likely N-dealkylation sites (tertiary alicyclic amines) is 2. The van der Waals surface area contributed by atoms with Gasteiger partial charge in [-0.15, -0.1) is 0 Å². The van der Waals surface area contributed by atoms with E-state index in [-0.39, 0.29) is 25.3 Å². The highest BCUT2D eigenvalue weighted by atomic mass is 35.5. The summed E-state index contributed by atoms with van der Waals surface area (Å²) in [5.41, 5.74) is 18.6. The number of halogens is 2. The summed E-state index contributed by atoms with van der Waals surface area (Å²) in [5.74, 6) is 2.99. The van der Waals surface area contributed by atoms with Crippen molar-refractivity contribution in [2.45, 2.75) is 93.0 Å². The standard InChI is InChI=1S/C31H36N4O3.C29H35N3O3.C9H11N.CCl2O.CH4/c1-22-11-13-26(20-23(22)2)38-29-14-12-25(30(36)32-15-19-34-16-5-6-17-34)21-27(29)33-31(37)35-18-7-9-24-8-3-4-10-28(24)35;1-21-7-6-8-25(17-21)35-27-12-11-23(19-26(27)30)29(33)32(16-15-31-13-4-5-14-31)20-24-10-9-22(2)18-28(24)34-3;1-2-6-9-8(4-1)5-3-7-10-9;2-1(3)4;/h3-4,8,10-14,20-21H,5-7,9,15-19H2,1-2H3,(H,32,36)(H,33,37);6-12,17-19H,4-5,13-16,20,30H2,1-3H3;1-2,4,6,10H,3,5,7H2;;1H4. The van der Waals surface area contributed by atoms with Gasteiger partial charge in [0.2, 0.25) is 0 Å². The average Bonchev–Trinajstić information content (AvgIpc) is 1.94. The van der Waals surface area contributed by atoms with Crippen LogP contribution >= 0.6 is 23.2 Å². The number of hydrogen-bond acceptors (Lipinski definition) is 11. The molecule has 4 amide bonds. The first kappa shape index (κ1) is 67.4. The fourth-order valence-electron chi connectivity index (χ4n) is 11.0. The number of benzene rings is 7. The maximum Gasteiger partial charge on any atom is 0.326 e. The summed E-state index contributed by atoms with van der Waals surface area (Å²) >= 11 is 8.80. The van der Waals surface area contributed by atoms with Crippen LogP contribution in [0, 0.1) is 27.7 Å². The lowest BCUT2D eigenvalue weighted by molar-refractivity contribution is 0.0725. The predicted molar refractivity (Wildman–Crippen MR) is 359 cm³/mol. The van der Waals surface area contributed by atoms with E-state index >= 15 is 0 Å². The van der Waals surface area contributed by atoms with Crippen LogP contribution in [0.3, 0.4) is 0 Å². The molecule has 466 valence electrons. The zero-order valence-electron chi connectivity index (χ0n) is 50.8. The van der Waals surface area contributed by atoms with Crippen LogP contribution in [-0.2, 0) is 19.4 Å². The summed E-state index contributed by atoms with van der Waals surface area (Å²) in [5, 5.41) is 9.42. The monoisotopic (exact) mass is 1230 g/mol. The Balaban J connectivity index is 0.000000204. The van der Waals surface area contributed by atoms with Crippen LogP contribution in [0.1, 0.15) is 106 Å². The van der Waals surface area contributed by atoms with Gasteiger partial charge in [0.25, 0.3) is 11.8 Å². The first-order chi connectivity index (χ1) is 42.1. The Morgan fingerprint density at radius 1 is 0.614 bits per heavy atom. The molecule has 0 unspecified atom stereocenters. The SMILES string of the molecule is C.COc1cc(C)ccc1CN(CCN1CCCC1)C(=O)c1ccc(Oc2cccc(C)c2)c(N)c1.Cc1ccc(Oc2ccc(C(=O)NCCN3CCCC3)cc2NC(=O)N2CCCc3ccccc32)cc1C.O=C(Cl)Cl.c1ccc2c(c1)CCCN2. The number of methoxy groups -OCH3 is 1. The quantitative estimate of drug-likeness (QED) is 0.0536. The number of carbonyl (C=O) groups is 4. The number of ether oxygens (including phenoxy) is 3. The van der Waals surface area contributed by atoms with Crippen LogP contribution in [0.2, 0.25) is 0 Å². The van der Waals surface area contributed by atoms with Gasteiger partial charge in [-0.3, -0.25) is 19.3 Å². The molecule has 0 aromatic heterocycles. The molecule has 0 spiro atoms. The van der Waals surface area contributed by atoms with Crippen LogP contribution in [0.15, 0.2) is 146 Å². The fourth-order valence-corrected chi connectivity index (χ4v) is 11.0. The number of nitrogens with two attached hydrogens (primary N) is 1. The van der Waals surface area contributed by atoms with Gasteiger partial charge in [-0.25, -0.2) is 4.79 Å². The number of nitrogens with zero attached hydrogens (tertiary/aromatic N) is 4. The van der Waals surface area contributed by atoms with Gasteiger partial charge in [0.05, 0.1) is 18.5 Å². The highest BCUT2D eigenvalue weighted by molar-refractivity contribution is 6.93. The summed E-state index contributed by atoms with van der Waals surface area (Å²) in [7, 11) is 1.67. The van der Waals surface area contributed by atoms with Gasteiger partial charge >= 0.3 is 10.7 Å². The van der Waals surface area contributed by atoms with Gasteiger partial charge in [0.15, 0.2) is 5.75 Å². The van der Waals surface area contributed by atoms with Crippen LogP contribution in [-0.4, -0.2) is 110 Å². The number of fused-ring (bicyclic) bond motifs is 2. The van der Waals surface area contributed by atoms with E-state index in [1.165, 1.54) is 55.3 Å². The van der Waals surface area contributed by atoms with E-state index < -0.39 is 4.70 Å². The number of anilines is 4. The molecular formula is C71H86Cl2N8O7. The van der Waals surface area contributed by atoms with E-state index in [4.69, 9.17) is 24.7 Å². The molecule has 7 aromatic rings. The van der Waals surface area contributed by atoms with Crippen molar-refractivity contribution in [3.63, 3.8) is 0 Å². The molecule has 0 aliphatic carbocycles. The molecule has 0 radical (unpaired) electrons. The Bertz CT molecular complexity index is 3430. The topological polar surface area (TPSA) is 171 Å². The number of rotatable bonds is 16. The first-order valence-electron chi connectivity index (χ1n) is 30.1. The summed E-state index contributed by atoms with van der Waals surface area (Å²) in [4.78, 5) is 57.5. The number of hydrogen-bond donors (Lipinski definition) is 4. The lowest BCUT2D eigenvalue weighted by Crippen LogP contribution is -2.38. The molecule has 4 aliphatic rings. The first-order valence-corrected chi connectivity index (χ1v) is 30.9. The van der Waals surface area contributed by atoms with Crippen molar-refractivity contribution in [2.75, 3.05) is 93.8 Å². The molecule has 5 N–H and O–H groups in total. The summed E-state index contributed by atoms with van der Waals surface area (Å²) < 4.78 is 16.9. The summed E-state index contributed by atoms with van der Waals surface area (Å²) in [6.45, 7) is 17.7. The third-order valence-corrected chi connectivity index (χ3v) is 15.9. The second-order valence-electron chi connectivity index (χ2n) is 22.4. The van der Waals surface area contributed by atoms with Crippen LogP contribution in [0.4, 0.5) is 32.3 Å². The van der Waals surface area contributed by atoms with E-state index in [0.717, 1.165) is 104 Å². The van der Waals surface area contributed by atoms with Gasteiger partial charge in [-0.2, -0.15) is 0 Å². The molecule has 2 fully saturated rings. The molecular weight excluding hydrogens is 1150 g/mol. The maximum absolute atomic E-state index is 13.7. The number of carbonyl (C=O) groups excluding carboxylic acids is 4. The Labute approximate surface area is 530 Å². The Morgan fingerprint density at radius 3 is 1.97 bits per heavy atom. The zero-order chi connectivity index (χ0) is 61.7. The normalized spacial score (nSPS) is 14.0. The Hall–Kier alpha value is -8.08. The molecule has 0 saturated carbocycles. The van der Waals surface area contributed by atoms with Crippen molar-refractivity contribution in [1.82, 2.24) is 20.0 Å². The smallest absolute Gasteiger partial charge is 0.326 e. The van der Waals surface area contributed by atoms with E-state index in [9.17, 15) is 14.4 Å². The molecule has 4 aliphatic heterocycles. The van der Waals surface area contributed by atoms with Crippen molar-refractivity contribution < 1.29 is 33.4 Å². The van der Waals surface area contributed by atoms with E-state index in [0.29, 0.717) is 65.9 Å². The number of para-hydroxylation sites is 2. The molecule has 2 saturated heterocycles. The van der Waals surface area contributed by atoms with Crippen molar-refractivity contribution in [1.29, 1.82) is 0 Å². The number of aryl methyl sites for hydroxylation is 6. The molecule has 0 bridgehead atoms. The third-order valence-electron chi connectivity index (χ3n) is 15.9. The van der Waals surface area contributed by atoms with Crippen molar-refractivity contribution in [3.05, 3.63) is 196 Å². The van der Waals surface area contributed by atoms with E-state index in [1.807, 2.05) is 98.5 Å². The maximum atomic E-state index is 13.7. The number of nitrogen functional groups attached to an aromatic ring is 1. The second kappa shape index (κ2) is 33.9. The summed E-state index contributed by atoms with van der Waals surface area (Å²) in [6.07, 6.45) is 9.25. The Morgan fingerprint density at radius 2 is 1.26 bits per heavy atom. The number of nitrogens with one attached hydrogen (secondary N) is 3. The number of amides is 4. The third kappa shape index (κ3) is 20.0. The van der Waals surface area contributed by atoms with Crippen molar-refractivity contribution in [2.24, 2.45) is 0 Å². The van der Waals surface area contributed by atoms with Gasteiger partial charge in [0, 0.05) is 73.9 Å². The number of urea groups is 1. The minimum Gasteiger partial charge on any atom is -0.496 e. The molecule has 15 nitrogen and oxygen atoms in total. The lowest BCUT2D eigenvalue weighted by Gasteiger charge is -2.29. The molecule has 4 heterocycles. The zero-order valence-corrected chi connectivity index (χ0v) is 52.3. The minimum atomic E-state index is -0.889. The van der Waals surface area contributed by atoms with Gasteiger partial charge < -0.3 is 50.6 Å². The van der Waals surface area contributed by atoms with Crippen LogP contribution < -0.4 is 40.8 Å². The van der Waals surface area contributed by atoms with Crippen LogP contribution in [0.25, 0.3) is 0 Å². The Kier molecular flexibility index (Phi) is 26.0. The molecule has 88 heavy (non-hydrogen) atoms. The summed E-state index contributed by atoms with van der Waals surface area (Å²) in [6, 6.07) is 46.5. The van der Waals surface area contributed by atoms with Crippen molar-refractivity contribution in [3.8, 4) is 28.7 Å². The highest BCUT2D eigenvalue weighted by Gasteiger charge is 2.25. The lowest BCUT2D eigenvalue weighted by atomic mass is 10.0. The van der Waals surface area contributed by atoms with Crippen molar-refractivity contribution >= 4 is 68.5 Å².